The molecule has 0 heterocycles. The van der Waals surface area contributed by atoms with Crippen LogP contribution < -0.4 is 0 Å². The van der Waals surface area contributed by atoms with Crippen LogP contribution in [0.5, 0.6) is 0 Å². The van der Waals surface area contributed by atoms with Gasteiger partial charge in [-0.25, -0.2) is 8.78 Å². The van der Waals surface area contributed by atoms with Crippen LogP contribution in [0.3, 0.4) is 0 Å². The second-order valence-corrected chi connectivity index (χ2v) is 11.2. The molecule has 1 aliphatic rings. The van der Waals surface area contributed by atoms with E-state index in [9.17, 15) is 74.3 Å². The molecule has 4 nitrogen and oxygen atoms in total. The first-order valence-corrected chi connectivity index (χ1v) is 13.3. The number of fused-ring (bicyclic) bond motifs is 3. The molecule has 4 rings (SSSR count). The minimum Gasteiger partial charge on any atom is -0.263 e. The molecule has 0 spiro atoms. The number of alkyl halides is 17. The molecule has 0 radical (unpaired) electrons. The maximum absolute atomic E-state index is 15.1. The van der Waals surface area contributed by atoms with Crippen LogP contribution in [0.4, 0.5) is 74.6 Å². The van der Waals surface area contributed by atoms with E-state index in [-0.39, 0.29) is 22.8 Å². The van der Waals surface area contributed by atoms with E-state index < -0.39 is 68.9 Å². The highest BCUT2D eigenvalue weighted by atomic mass is 32.2. The first kappa shape index (κ1) is 36.0. The van der Waals surface area contributed by atoms with Crippen molar-refractivity contribution in [2.75, 3.05) is 0 Å². The van der Waals surface area contributed by atoms with Crippen molar-refractivity contribution in [1.82, 2.24) is 0 Å². The standard InChI is InChI=1S/C25H10F17NO3S/c26-18(27)20(30,31)21(32,33)19(28,29)17(43-46-47(44,45)25(41,42)23(36,37)22(34,35)24(38,39)40)11-7-8-12-13-5-1-3-10-4-2-6-14(16(10)13)15(12)9-11/h1-9,18H/b43-17-. The van der Waals surface area contributed by atoms with Gasteiger partial charge in [0.2, 0.25) is 0 Å². The van der Waals surface area contributed by atoms with Crippen molar-refractivity contribution < 1.29 is 87.3 Å². The van der Waals surface area contributed by atoms with Gasteiger partial charge in [0, 0.05) is 5.56 Å². The molecule has 3 aromatic rings. The number of halogens is 17. The van der Waals surface area contributed by atoms with E-state index in [1.807, 2.05) is 0 Å². The molecule has 258 valence electrons. The van der Waals surface area contributed by atoms with Gasteiger partial charge in [0.15, 0.2) is 5.71 Å². The van der Waals surface area contributed by atoms with E-state index >= 15 is 8.78 Å². The zero-order valence-electron chi connectivity index (χ0n) is 21.8. The summed E-state index contributed by atoms with van der Waals surface area (Å²) in [4.78, 5) is 0. The van der Waals surface area contributed by atoms with Crippen LogP contribution in [0, 0.1) is 0 Å². The van der Waals surface area contributed by atoms with Gasteiger partial charge >= 0.3 is 57.6 Å². The maximum Gasteiger partial charge on any atom is 0.460 e. The highest BCUT2D eigenvalue weighted by Crippen LogP contribution is 2.56. The van der Waals surface area contributed by atoms with E-state index in [0.717, 1.165) is 6.07 Å². The second-order valence-electron chi connectivity index (χ2n) is 9.67. The summed E-state index contributed by atoms with van der Waals surface area (Å²) in [5.41, 5.74) is -4.75. The van der Waals surface area contributed by atoms with Gasteiger partial charge in [-0.2, -0.15) is 74.3 Å². The van der Waals surface area contributed by atoms with E-state index in [4.69, 9.17) is 0 Å². The lowest BCUT2D eigenvalue weighted by atomic mass is 9.92. The summed E-state index contributed by atoms with van der Waals surface area (Å²) in [6.45, 7) is 0. The molecule has 0 unspecified atom stereocenters. The quantitative estimate of drug-likeness (QED) is 0.0931. The summed E-state index contributed by atoms with van der Waals surface area (Å²) in [6.07, 6.45) is -13.2. The van der Waals surface area contributed by atoms with Crippen molar-refractivity contribution in [3.8, 4) is 22.3 Å². The van der Waals surface area contributed by atoms with Crippen LogP contribution in [0.2, 0.25) is 0 Å². The predicted octanol–water partition coefficient (Wildman–Crippen LogP) is 9.13. The van der Waals surface area contributed by atoms with Crippen LogP contribution in [-0.2, 0) is 14.4 Å². The van der Waals surface area contributed by atoms with Crippen molar-refractivity contribution >= 4 is 26.6 Å². The van der Waals surface area contributed by atoms with Gasteiger partial charge in [-0.1, -0.05) is 53.7 Å². The Labute approximate surface area is 249 Å². The van der Waals surface area contributed by atoms with Crippen LogP contribution in [-0.4, -0.2) is 61.6 Å². The number of oxime groups is 1. The monoisotopic (exact) mass is 727 g/mol. The average molecular weight is 727 g/mol. The second kappa shape index (κ2) is 10.6. The van der Waals surface area contributed by atoms with Gasteiger partial charge in [-0.05, 0) is 39.1 Å². The molecule has 0 aliphatic heterocycles. The Bertz CT molecular complexity index is 1860. The van der Waals surface area contributed by atoms with Crippen LogP contribution in [0.1, 0.15) is 5.56 Å². The molecule has 0 atom stereocenters. The van der Waals surface area contributed by atoms with Crippen molar-refractivity contribution in [2.45, 2.75) is 47.5 Å². The van der Waals surface area contributed by atoms with Gasteiger partial charge in [0.05, 0.1) is 0 Å². The fourth-order valence-electron chi connectivity index (χ4n) is 4.38. The fraction of sp³-hybridized carbons (Fsp3) is 0.320. The zero-order valence-corrected chi connectivity index (χ0v) is 22.6. The van der Waals surface area contributed by atoms with Crippen molar-refractivity contribution in [2.24, 2.45) is 5.16 Å². The van der Waals surface area contributed by atoms with Gasteiger partial charge in [-0.3, -0.25) is 4.28 Å². The Morgan fingerprint density at radius 3 is 1.64 bits per heavy atom. The van der Waals surface area contributed by atoms with Crippen LogP contribution in [0.25, 0.3) is 33.0 Å². The summed E-state index contributed by atoms with van der Waals surface area (Å²) in [6, 6.07) is 9.96. The topological polar surface area (TPSA) is 55.7 Å². The summed E-state index contributed by atoms with van der Waals surface area (Å²) in [7, 11) is -8.17. The van der Waals surface area contributed by atoms with Crippen LogP contribution in [0.15, 0.2) is 59.8 Å². The Morgan fingerprint density at radius 2 is 1.15 bits per heavy atom. The third kappa shape index (κ3) is 4.95. The SMILES string of the molecule is O=S(=O)(O/N=C(/c1ccc2c(c1)-c1cccc3cccc-2c13)C(F)(F)C(F)(F)C(F)(F)C(F)F)C(F)(F)C(F)(F)C(F)(F)C(F)(F)F. The molecule has 0 saturated heterocycles. The summed E-state index contributed by atoms with van der Waals surface area (Å²) in [5.74, 6) is -37.2. The summed E-state index contributed by atoms with van der Waals surface area (Å²) >= 11 is 0. The van der Waals surface area contributed by atoms with Crippen molar-refractivity contribution in [1.29, 1.82) is 0 Å². The number of rotatable bonds is 10. The van der Waals surface area contributed by atoms with Crippen molar-refractivity contribution in [3.63, 3.8) is 0 Å². The van der Waals surface area contributed by atoms with E-state index in [2.05, 4.69) is 4.28 Å². The molecular formula is C25H10F17NO3S. The smallest absolute Gasteiger partial charge is 0.263 e. The van der Waals surface area contributed by atoms with Crippen molar-refractivity contribution in [3.05, 3.63) is 60.2 Å². The minimum atomic E-state index is -8.17. The predicted molar refractivity (Wildman–Crippen MR) is 127 cm³/mol. The molecule has 3 aromatic carbocycles. The fourth-order valence-corrected chi connectivity index (χ4v) is 5.08. The third-order valence-electron chi connectivity index (χ3n) is 6.82. The normalized spacial score (nSPS) is 15.4. The summed E-state index contributed by atoms with van der Waals surface area (Å²) < 4.78 is 258. The van der Waals surface area contributed by atoms with Gasteiger partial charge in [-0.15, -0.1) is 0 Å². The van der Waals surface area contributed by atoms with Gasteiger partial charge < -0.3 is 0 Å². The molecule has 0 bridgehead atoms. The Balaban J connectivity index is 1.94. The largest absolute Gasteiger partial charge is 0.460 e. The highest BCUT2D eigenvalue weighted by Gasteiger charge is 2.86. The number of benzene rings is 3. The maximum atomic E-state index is 15.1. The molecule has 0 saturated carbocycles. The number of nitrogens with zero attached hydrogens (tertiary/aromatic N) is 1. The Kier molecular flexibility index (Phi) is 8.10. The summed E-state index contributed by atoms with van der Waals surface area (Å²) in [5, 5.41) is -5.33. The van der Waals surface area contributed by atoms with Gasteiger partial charge in [0.1, 0.15) is 0 Å². The zero-order chi connectivity index (χ0) is 36.0. The van der Waals surface area contributed by atoms with E-state index in [0.29, 0.717) is 22.4 Å². The average Bonchev–Trinajstić information content (AvgIpc) is 3.26. The lowest BCUT2D eigenvalue weighted by Crippen LogP contribution is -2.63. The first-order valence-electron chi connectivity index (χ1n) is 11.9. The van der Waals surface area contributed by atoms with E-state index in [1.54, 1.807) is 5.16 Å². The van der Waals surface area contributed by atoms with Gasteiger partial charge in [0.25, 0.3) is 0 Å². The third-order valence-corrected chi connectivity index (χ3v) is 7.97. The number of hydrogen-bond acceptors (Lipinski definition) is 4. The minimum absolute atomic E-state index is 0.0713. The first-order chi connectivity index (χ1) is 21.1. The Hall–Kier alpha value is -3.85. The van der Waals surface area contributed by atoms with Crippen LogP contribution >= 0.6 is 0 Å². The molecule has 0 fully saturated rings. The molecule has 0 N–H and O–H groups in total. The Morgan fingerprint density at radius 1 is 0.638 bits per heavy atom. The molecule has 0 amide bonds. The lowest BCUT2D eigenvalue weighted by molar-refractivity contribution is -0.382. The molecule has 22 heteroatoms. The molecular weight excluding hydrogens is 717 g/mol. The lowest BCUT2D eigenvalue weighted by Gasteiger charge is -2.33. The van der Waals surface area contributed by atoms with E-state index in [1.165, 1.54) is 36.4 Å². The molecule has 47 heavy (non-hydrogen) atoms. The highest BCUT2D eigenvalue weighted by molar-refractivity contribution is 7.87. The number of hydrogen-bond donors (Lipinski definition) is 0. The molecule has 1 aliphatic carbocycles. The molecule has 0 aromatic heterocycles.